The molecule has 0 aliphatic carbocycles. The fraction of sp³-hybridized carbons (Fsp3) is 0.154. The maximum Gasteiger partial charge on any atom is 0.251 e. The molecule has 4 aromatic rings. The highest BCUT2D eigenvalue weighted by Gasteiger charge is 2.19. The van der Waals surface area contributed by atoms with Gasteiger partial charge in [0.15, 0.2) is 5.88 Å². The number of H-pyrrole nitrogens is 1. The first-order valence-corrected chi connectivity index (χ1v) is 10.7. The number of carbonyl (C=O) groups excluding carboxylic acids is 1. The Kier molecular flexibility index (Phi) is 6.22. The first-order chi connectivity index (χ1) is 15.6. The molecule has 1 amide bonds. The van der Waals surface area contributed by atoms with Crippen molar-refractivity contribution in [3.8, 4) is 5.88 Å². The third-order valence-electron chi connectivity index (χ3n) is 5.27. The Bertz CT molecular complexity index is 1260. The second kappa shape index (κ2) is 9.39. The molecule has 0 fully saturated rings. The van der Waals surface area contributed by atoms with Crippen molar-refractivity contribution in [2.24, 2.45) is 4.99 Å². The van der Waals surface area contributed by atoms with Gasteiger partial charge in [0.2, 0.25) is 0 Å². The van der Waals surface area contributed by atoms with Gasteiger partial charge in [0.1, 0.15) is 0 Å². The number of aliphatic imine (C=N–C) groups is 1. The van der Waals surface area contributed by atoms with Crippen LogP contribution in [-0.2, 0) is 0 Å². The molecule has 0 saturated carbocycles. The van der Waals surface area contributed by atoms with Gasteiger partial charge in [-0.15, -0.1) is 0 Å². The number of nitrogens with one attached hydrogen (secondary N) is 2. The number of aromatic nitrogens is 1. The molecule has 0 atom stereocenters. The summed E-state index contributed by atoms with van der Waals surface area (Å²) in [5, 5.41) is 14.4. The molecule has 0 aliphatic rings. The van der Waals surface area contributed by atoms with E-state index in [4.69, 9.17) is 10.7 Å². The zero-order valence-electron chi connectivity index (χ0n) is 17.9. The number of unbranched alkanes of at least 4 members (excludes halogenated alkanes) is 1. The third-order valence-corrected chi connectivity index (χ3v) is 5.27. The van der Waals surface area contributed by atoms with Crippen LogP contribution in [0.3, 0.4) is 0 Å². The Morgan fingerprint density at radius 3 is 2.50 bits per heavy atom. The molecule has 32 heavy (non-hydrogen) atoms. The topological polar surface area (TPSA) is 103 Å². The number of nitrogens with zero attached hydrogens (tertiary/aromatic N) is 1. The molecule has 1 heterocycles. The second-order valence-electron chi connectivity index (χ2n) is 7.64. The van der Waals surface area contributed by atoms with Gasteiger partial charge in [-0.2, -0.15) is 0 Å². The van der Waals surface area contributed by atoms with Crippen molar-refractivity contribution in [3.63, 3.8) is 0 Å². The summed E-state index contributed by atoms with van der Waals surface area (Å²) in [7, 11) is 0. The zero-order valence-corrected chi connectivity index (χ0v) is 17.9. The normalized spacial score (nSPS) is 11.6. The van der Waals surface area contributed by atoms with E-state index in [0.717, 1.165) is 29.3 Å². The number of hydrogen-bond donors (Lipinski definition) is 4. The summed E-state index contributed by atoms with van der Waals surface area (Å²) in [6.45, 7) is 2.75. The van der Waals surface area contributed by atoms with Crippen molar-refractivity contribution in [1.29, 1.82) is 0 Å². The number of carbonyl (C=O) groups is 1. The largest absolute Gasteiger partial charge is 0.494 e. The van der Waals surface area contributed by atoms with E-state index in [-0.39, 0.29) is 11.8 Å². The Balaban J connectivity index is 1.75. The molecule has 0 unspecified atom stereocenters. The second-order valence-corrected chi connectivity index (χ2v) is 7.64. The lowest BCUT2D eigenvalue weighted by Gasteiger charge is -2.09. The summed E-state index contributed by atoms with van der Waals surface area (Å²) in [4.78, 5) is 20.1. The quantitative estimate of drug-likeness (QED) is 0.186. The zero-order chi connectivity index (χ0) is 22.5. The minimum Gasteiger partial charge on any atom is -0.494 e. The van der Waals surface area contributed by atoms with E-state index in [1.807, 2.05) is 42.5 Å². The molecule has 0 radical (unpaired) electrons. The number of anilines is 1. The Hall–Kier alpha value is -4.06. The number of nitrogen functional groups attached to an aromatic ring is 1. The molecule has 162 valence electrons. The van der Waals surface area contributed by atoms with E-state index in [0.29, 0.717) is 34.8 Å². The van der Waals surface area contributed by atoms with Gasteiger partial charge >= 0.3 is 0 Å². The minimum atomic E-state index is -0.0954. The SMILES string of the molecule is CCCCNC(=O)c1ccc(N=C(c2ccccc2)c2c(O)[nH]c3ccc(N)cc23)cc1. The lowest BCUT2D eigenvalue weighted by molar-refractivity contribution is 0.0953. The molecule has 0 spiro atoms. The van der Waals surface area contributed by atoms with Crippen LogP contribution in [-0.4, -0.2) is 28.3 Å². The molecule has 5 N–H and O–H groups in total. The summed E-state index contributed by atoms with van der Waals surface area (Å²) in [5.41, 5.74) is 10.7. The monoisotopic (exact) mass is 426 g/mol. The highest BCUT2D eigenvalue weighted by Crippen LogP contribution is 2.32. The minimum absolute atomic E-state index is 0.0279. The predicted molar refractivity (Wildman–Crippen MR) is 130 cm³/mol. The summed E-state index contributed by atoms with van der Waals surface area (Å²) < 4.78 is 0. The predicted octanol–water partition coefficient (Wildman–Crippen LogP) is 5.15. The number of amides is 1. The molecule has 6 nitrogen and oxygen atoms in total. The molecule has 0 aliphatic heterocycles. The molecule has 6 heteroatoms. The smallest absolute Gasteiger partial charge is 0.251 e. The molecule has 3 aromatic carbocycles. The molecular weight excluding hydrogens is 400 g/mol. The van der Waals surface area contributed by atoms with Crippen LogP contribution in [0.1, 0.15) is 41.3 Å². The van der Waals surface area contributed by atoms with Gasteiger partial charge in [-0.3, -0.25) is 4.79 Å². The van der Waals surface area contributed by atoms with E-state index >= 15 is 0 Å². The van der Waals surface area contributed by atoms with Gasteiger partial charge in [-0.25, -0.2) is 4.99 Å². The van der Waals surface area contributed by atoms with Crippen LogP contribution in [0.4, 0.5) is 11.4 Å². The van der Waals surface area contributed by atoms with Gasteiger partial charge in [-0.05, 0) is 48.9 Å². The van der Waals surface area contributed by atoms with E-state index in [1.165, 1.54) is 0 Å². The Labute approximate surface area is 186 Å². The first-order valence-electron chi connectivity index (χ1n) is 10.7. The van der Waals surface area contributed by atoms with Crippen molar-refractivity contribution < 1.29 is 9.90 Å². The highest BCUT2D eigenvalue weighted by atomic mass is 16.3. The van der Waals surface area contributed by atoms with E-state index < -0.39 is 0 Å². The van der Waals surface area contributed by atoms with E-state index in [9.17, 15) is 9.90 Å². The number of rotatable bonds is 7. The van der Waals surface area contributed by atoms with Crippen LogP contribution in [0, 0.1) is 0 Å². The average molecular weight is 427 g/mol. The summed E-state index contributed by atoms with van der Waals surface area (Å²) in [5.74, 6) is -0.0675. The van der Waals surface area contributed by atoms with Gasteiger partial charge < -0.3 is 21.1 Å². The van der Waals surface area contributed by atoms with Gasteiger partial charge in [0.25, 0.3) is 5.91 Å². The van der Waals surface area contributed by atoms with Crippen molar-refractivity contribution in [2.75, 3.05) is 12.3 Å². The highest BCUT2D eigenvalue weighted by molar-refractivity contribution is 6.22. The Morgan fingerprint density at radius 1 is 1.03 bits per heavy atom. The number of aromatic hydroxyl groups is 1. The maximum atomic E-state index is 12.3. The summed E-state index contributed by atoms with van der Waals surface area (Å²) in [6, 6.07) is 22.2. The molecule has 1 aromatic heterocycles. The van der Waals surface area contributed by atoms with Crippen LogP contribution in [0.15, 0.2) is 77.8 Å². The number of nitrogens with two attached hydrogens (primary N) is 1. The number of hydrogen-bond acceptors (Lipinski definition) is 4. The third kappa shape index (κ3) is 4.49. The number of aromatic amines is 1. The average Bonchev–Trinajstić information content (AvgIpc) is 3.13. The lowest BCUT2D eigenvalue weighted by Crippen LogP contribution is -2.24. The van der Waals surface area contributed by atoms with Crippen molar-refractivity contribution >= 4 is 33.9 Å². The number of benzene rings is 3. The van der Waals surface area contributed by atoms with E-state index in [2.05, 4.69) is 17.2 Å². The summed E-state index contributed by atoms with van der Waals surface area (Å²) >= 11 is 0. The standard InChI is InChI=1S/C26H26N4O2/c1-2-3-15-28-25(31)18-9-12-20(13-10-18)29-24(17-7-5-4-6-8-17)23-21-16-19(27)11-14-22(21)30-26(23)32/h4-14,16,30,32H,2-3,15,27H2,1H3,(H,28,31). The van der Waals surface area contributed by atoms with Crippen LogP contribution in [0.2, 0.25) is 0 Å². The van der Waals surface area contributed by atoms with Crippen molar-refractivity contribution in [2.45, 2.75) is 19.8 Å². The molecule has 0 bridgehead atoms. The fourth-order valence-corrected chi connectivity index (χ4v) is 3.59. The lowest BCUT2D eigenvalue weighted by atomic mass is 10.0. The van der Waals surface area contributed by atoms with Gasteiger partial charge in [-0.1, -0.05) is 43.7 Å². The van der Waals surface area contributed by atoms with Gasteiger partial charge in [0.05, 0.1) is 17.0 Å². The maximum absolute atomic E-state index is 12.3. The van der Waals surface area contributed by atoms with Crippen LogP contribution < -0.4 is 11.1 Å². The van der Waals surface area contributed by atoms with Crippen LogP contribution in [0.25, 0.3) is 10.9 Å². The summed E-state index contributed by atoms with van der Waals surface area (Å²) in [6.07, 6.45) is 1.98. The Morgan fingerprint density at radius 2 is 1.78 bits per heavy atom. The first kappa shape index (κ1) is 21.2. The van der Waals surface area contributed by atoms with Crippen molar-refractivity contribution in [1.82, 2.24) is 10.3 Å². The van der Waals surface area contributed by atoms with Gasteiger partial charge in [0, 0.05) is 34.3 Å². The van der Waals surface area contributed by atoms with Crippen LogP contribution >= 0.6 is 0 Å². The molecule has 4 rings (SSSR count). The number of fused-ring (bicyclic) bond motifs is 1. The fourth-order valence-electron chi connectivity index (χ4n) is 3.59. The molecular formula is C26H26N4O2. The van der Waals surface area contributed by atoms with Crippen LogP contribution in [0.5, 0.6) is 5.88 Å². The van der Waals surface area contributed by atoms with Crippen molar-refractivity contribution in [3.05, 3.63) is 89.5 Å². The van der Waals surface area contributed by atoms with E-state index in [1.54, 1.807) is 30.3 Å². The molecule has 0 saturated heterocycles.